The molecule has 0 N–H and O–H groups in total. The van der Waals surface area contributed by atoms with E-state index in [2.05, 4.69) is 5.10 Å². The fourth-order valence-electron chi connectivity index (χ4n) is 2.68. The summed E-state index contributed by atoms with van der Waals surface area (Å²) in [5, 5.41) is 4.04. The minimum Gasteiger partial charge on any atom is -0.309 e. The van der Waals surface area contributed by atoms with Gasteiger partial charge in [-0.1, -0.05) is 0 Å². The molecule has 0 saturated carbocycles. The van der Waals surface area contributed by atoms with Crippen molar-refractivity contribution >= 4 is 11.6 Å². The molecule has 1 aromatic carbocycles. The van der Waals surface area contributed by atoms with Gasteiger partial charge in [0.05, 0.1) is 11.9 Å². The quantitative estimate of drug-likeness (QED) is 0.869. The average Bonchev–Trinajstić information content (AvgIpc) is 3.07. The first-order chi connectivity index (χ1) is 10.1. The zero-order valence-electron chi connectivity index (χ0n) is 11.6. The Hall–Kier alpha value is -2.24. The lowest BCUT2D eigenvalue weighted by Gasteiger charge is -2.17. The second-order valence-corrected chi connectivity index (χ2v) is 5.17. The van der Waals surface area contributed by atoms with Crippen molar-refractivity contribution in [1.29, 1.82) is 0 Å². The van der Waals surface area contributed by atoms with Crippen LogP contribution in [0.25, 0.3) is 0 Å². The summed E-state index contributed by atoms with van der Waals surface area (Å²) in [7, 11) is 1.81. The number of hydrogen-bond donors (Lipinski definition) is 0. The van der Waals surface area contributed by atoms with Crippen molar-refractivity contribution in [2.75, 3.05) is 11.4 Å². The van der Waals surface area contributed by atoms with Crippen LogP contribution in [0.1, 0.15) is 17.5 Å². The maximum atomic E-state index is 13.9. The van der Waals surface area contributed by atoms with Crippen LogP contribution in [0.2, 0.25) is 0 Å². The number of nitrogens with zero attached hydrogens (tertiary/aromatic N) is 3. The summed E-state index contributed by atoms with van der Waals surface area (Å²) in [6, 6.07) is 2.18. The number of hydrogen-bond acceptors (Lipinski definition) is 2. The maximum absolute atomic E-state index is 13.9. The molecule has 1 aliphatic heterocycles. The molecule has 2 heterocycles. The molecular weight excluding hydrogens is 276 g/mol. The number of benzene rings is 1. The summed E-state index contributed by atoms with van der Waals surface area (Å²) >= 11 is 0. The Morgan fingerprint density at radius 1 is 1.33 bits per heavy atom. The first-order valence-electron chi connectivity index (χ1n) is 6.81. The predicted octanol–water partition coefficient (Wildman–Crippen LogP) is 2.22. The summed E-state index contributed by atoms with van der Waals surface area (Å²) in [5.74, 6) is -1.19. The third-order valence-corrected chi connectivity index (χ3v) is 3.72. The number of carbonyl (C=O) groups excluding carboxylic acids is 1. The standard InChI is InChI=1S/C15H15F2N3O/c1-19-9-10(8-18-19)2-5-14(21)20-7-6-11-12(16)3-4-13(17)15(11)20/h3-4,8-9H,2,5-7H2,1H3. The monoisotopic (exact) mass is 291 g/mol. The molecule has 3 rings (SSSR count). The topological polar surface area (TPSA) is 38.1 Å². The smallest absolute Gasteiger partial charge is 0.227 e. The summed E-state index contributed by atoms with van der Waals surface area (Å²) < 4.78 is 29.2. The highest BCUT2D eigenvalue weighted by Crippen LogP contribution is 2.33. The second kappa shape index (κ2) is 5.27. The third-order valence-electron chi connectivity index (χ3n) is 3.72. The van der Waals surface area contributed by atoms with E-state index in [0.717, 1.165) is 17.7 Å². The number of aryl methyl sites for hydroxylation is 2. The van der Waals surface area contributed by atoms with E-state index in [9.17, 15) is 13.6 Å². The highest BCUT2D eigenvalue weighted by atomic mass is 19.1. The van der Waals surface area contributed by atoms with Crippen LogP contribution in [0.15, 0.2) is 24.5 Å². The molecule has 21 heavy (non-hydrogen) atoms. The zero-order chi connectivity index (χ0) is 15.0. The number of fused-ring (bicyclic) bond motifs is 1. The number of aromatic nitrogens is 2. The Morgan fingerprint density at radius 2 is 2.10 bits per heavy atom. The SMILES string of the molecule is Cn1cc(CCC(=O)N2CCc3c(F)ccc(F)c32)cn1. The first kappa shape index (κ1) is 13.7. The molecule has 0 saturated heterocycles. The summed E-state index contributed by atoms with van der Waals surface area (Å²) in [5.41, 5.74) is 1.35. The first-order valence-corrected chi connectivity index (χ1v) is 6.81. The van der Waals surface area contributed by atoms with Gasteiger partial charge in [0.1, 0.15) is 11.6 Å². The van der Waals surface area contributed by atoms with Crippen molar-refractivity contribution in [3.8, 4) is 0 Å². The number of amides is 1. The molecule has 6 heteroatoms. The van der Waals surface area contributed by atoms with Gasteiger partial charge in [0, 0.05) is 31.8 Å². The largest absolute Gasteiger partial charge is 0.309 e. The van der Waals surface area contributed by atoms with E-state index in [-0.39, 0.29) is 18.0 Å². The molecule has 0 spiro atoms. The van der Waals surface area contributed by atoms with Crippen molar-refractivity contribution in [1.82, 2.24) is 9.78 Å². The molecule has 0 unspecified atom stereocenters. The molecule has 2 aromatic rings. The van der Waals surface area contributed by atoms with E-state index < -0.39 is 11.6 Å². The van der Waals surface area contributed by atoms with E-state index in [1.54, 1.807) is 17.9 Å². The number of anilines is 1. The van der Waals surface area contributed by atoms with Crippen molar-refractivity contribution in [2.24, 2.45) is 7.05 Å². The molecule has 0 radical (unpaired) electrons. The Bertz CT molecular complexity index is 696. The van der Waals surface area contributed by atoms with E-state index >= 15 is 0 Å². The van der Waals surface area contributed by atoms with Gasteiger partial charge in [-0.3, -0.25) is 9.48 Å². The van der Waals surface area contributed by atoms with Crippen molar-refractivity contribution < 1.29 is 13.6 Å². The second-order valence-electron chi connectivity index (χ2n) is 5.17. The number of halogens is 2. The lowest BCUT2D eigenvalue weighted by Crippen LogP contribution is -2.29. The summed E-state index contributed by atoms with van der Waals surface area (Å²) in [4.78, 5) is 13.6. The summed E-state index contributed by atoms with van der Waals surface area (Å²) in [6.45, 7) is 0.332. The molecule has 110 valence electrons. The van der Waals surface area contributed by atoms with Gasteiger partial charge in [0.15, 0.2) is 0 Å². The van der Waals surface area contributed by atoms with Crippen molar-refractivity contribution in [2.45, 2.75) is 19.3 Å². The van der Waals surface area contributed by atoms with Gasteiger partial charge in [-0.2, -0.15) is 5.10 Å². The van der Waals surface area contributed by atoms with Gasteiger partial charge in [0.2, 0.25) is 5.91 Å². The maximum Gasteiger partial charge on any atom is 0.227 e. The Balaban J connectivity index is 1.75. The number of rotatable bonds is 3. The highest BCUT2D eigenvalue weighted by Gasteiger charge is 2.29. The molecule has 0 atom stereocenters. The third kappa shape index (κ3) is 2.53. The van der Waals surface area contributed by atoms with Gasteiger partial charge in [-0.05, 0) is 30.5 Å². The van der Waals surface area contributed by atoms with Gasteiger partial charge < -0.3 is 4.90 Å². The van der Waals surface area contributed by atoms with Crippen molar-refractivity contribution in [3.63, 3.8) is 0 Å². The van der Waals surface area contributed by atoms with Gasteiger partial charge in [0.25, 0.3) is 0 Å². The Morgan fingerprint density at radius 3 is 2.81 bits per heavy atom. The molecular formula is C15H15F2N3O. The normalized spacial score (nSPS) is 13.6. The van der Waals surface area contributed by atoms with Crippen LogP contribution in [-0.4, -0.2) is 22.2 Å². The van der Waals surface area contributed by atoms with Crippen LogP contribution < -0.4 is 4.90 Å². The van der Waals surface area contributed by atoms with E-state index in [1.165, 1.54) is 4.90 Å². The molecule has 0 bridgehead atoms. The average molecular weight is 291 g/mol. The van der Waals surface area contributed by atoms with Crippen LogP contribution in [0.4, 0.5) is 14.5 Å². The van der Waals surface area contributed by atoms with Gasteiger partial charge >= 0.3 is 0 Å². The molecule has 1 aliphatic rings. The fraction of sp³-hybridized carbons (Fsp3) is 0.333. The van der Waals surface area contributed by atoms with Crippen LogP contribution in [0.3, 0.4) is 0 Å². The zero-order valence-corrected chi connectivity index (χ0v) is 11.6. The van der Waals surface area contributed by atoms with Gasteiger partial charge in [-0.25, -0.2) is 8.78 Å². The molecule has 1 aromatic heterocycles. The van der Waals surface area contributed by atoms with Crippen LogP contribution in [0.5, 0.6) is 0 Å². The minimum absolute atomic E-state index is 0.103. The predicted molar refractivity (Wildman–Crippen MR) is 73.9 cm³/mol. The Kier molecular flexibility index (Phi) is 3.45. The molecule has 0 aliphatic carbocycles. The van der Waals surface area contributed by atoms with E-state index in [4.69, 9.17) is 0 Å². The Labute approximate surface area is 121 Å². The molecule has 1 amide bonds. The highest BCUT2D eigenvalue weighted by molar-refractivity contribution is 5.95. The lowest BCUT2D eigenvalue weighted by atomic mass is 10.1. The number of carbonyl (C=O) groups is 1. The van der Waals surface area contributed by atoms with Crippen LogP contribution in [0, 0.1) is 11.6 Å². The van der Waals surface area contributed by atoms with Gasteiger partial charge in [-0.15, -0.1) is 0 Å². The molecule has 4 nitrogen and oxygen atoms in total. The van der Waals surface area contributed by atoms with E-state index in [1.807, 2.05) is 6.20 Å². The fourth-order valence-corrected chi connectivity index (χ4v) is 2.68. The van der Waals surface area contributed by atoms with Crippen LogP contribution >= 0.6 is 0 Å². The van der Waals surface area contributed by atoms with E-state index in [0.29, 0.717) is 24.9 Å². The minimum atomic E-state index is -0.543. The van der Waals surface area contributed by atoms with Crippen molar-refractivity contribution in [3.05, 3.63) is 47.3 Å². The lowest BCUT2D eigenvalue weighted by molar-refractivity contribution is -0.118. The summed E-state index contributed by atoms with van der Waals surface area (Å²) in [6.07, 6.45) is 4.69. The van der Waals surface area contributed by atoms with Crippen LogP contribution in [-0.2, 0) is 24.7 Å². The molecule has 0 fully saturated rings.